The lowest BCUT2D eigenvalue weighted by molar-refractivity contribution is -0.148. The number of aromatic nitrogens is 1. The van der Waals surface area contributed by atoms with Crippen LogP contribution in [-0.2, 0) is 11.2 Å². The fourth-order valence-corrected chi connectivity index (χ4v) is 2.36. The highest BCUT2D eigenvalue weighted by molar-refractivity contribution is 6.31. The largest absolute Gasteiger partial charge is 0.390 e. The number of nitrogens with zero attached hydrogens (tertiary/aromatic N) is 1. The molecule has 0 aromatic carbocycles. The highest BCUT2D eigenvalue weighted by Gasteiger charge is 2.43. The Hall–Kier alpha value is -0.640. The Morgan fingerprint density at radius 1 is 1.62 bits per heavy atom. The van der Waals surface area contributed by atoms with Crippen LogP contribution in [0.3, 0.4) is 0 Å². The lowest BCUT2D eigenvalue weighted by Crippen LogP contribution is -2.50. The second kappa shape index (κ2) is 4.70. The van der Waals surface area contributed by atoms with E-state index in [-0.39, 0.29) is 5.60 Å². The van der Waals surface area contributed by atoms with Gasteiger partial charge in [-0.25, -0.2) is 0 Å². The van der Waals surface area contributed by atoms with E-state index in [1.807, 2.05) is 6.07 Å². The molecule has 16 heavy (non-hydrogen) atoms. The van der Waals surface area contributed by atoms with Crippen molar-refractivity contribution in [2.45, 2.75) is 37.4 Å². The minimum absolute atomic E-state index is 0.355. The summed E-state index contributed by atoms with van der Waals surface area (Å²) in [4.78, 5) is 3.92. The van der Waals surface area contributed by atoms with Gasteiger partial charge in [-0.15, -0.1) is 0 Å². The Morgan fingerprint density at radius 3 is 2.88 bits per heavy atom. The molecule has 1 aromatic rings. The Kier molecular flexibility index (Phi) is 3.47. The first-order valence-electron chi connectivity index (χ1n) is 5.49. The average Bonchev–Trinajstić information content (AvgIpc) is 2.21. The summed E-state index contributed by atoms with van der Waals surface area (Å²) >= 11 is 6.01. The minimum atomic E-state index is -0.494. The summed E-state index contributed by atoms with van der Waals surface area (Å²) < 4.78 is 5.44. The van der Waals surface area contributed by atoms with Gasteiger partial charge in [0.1, 0.15) is 0 Å². The maximum Gasteiger partial charge on any atom is 0.0939 e. The number of ether oxygens (including phenoxy) is 1. The summed E-state index contributed by atoms with van der Waals surface area (Å²) in [5.74, 6) is 0. The number of pyridine rings is 1. The number of hydrogen-bond acceptors (Lipinski definition) is 3. The molecule has 1 aliphatic carbocycles. The number of aliphatic hydroxyl groups is 1. The summed E-state index contributed by atoms with van der Waals surface area (Å²) in [6.07, 6.45) is 6.29. The van der Waals surface area contributed by atoms with Gasteiger partial charge in [0.15, 0.2) is 0 Å². The average molecular weight is 242 g/mol. The molecule has 0 amide bonds. The maximum absolute atomic E-state index is 10.2. The molecule has 3 nitrogen and oxygen atoms in total. The van der Waals surface area contributed by atoms with E-state index in [4.69, 9.17) is 16.3 Å². The number of halogens is 1. The zero-order chi connectivity index (χ0) is 11.6. The van der Waals surface area contributed by atoms with Gasteiger partial charge in [0, 0.05) is 25.9 Å². The lowest BCUT2D eigenvalue weighted by Gasteiger charge is -2.44. The Morgan fingerprint density at radius 2 is 2.38 bits per heavy atom. The molecule has 1 N–H and O–H groups in total. The maximum atomic E-state index is 10.2. The van der Waals surface area contributed by atoms with E-state index < -0.39 is 6.10 Å². The first kappa shape index (κ1) is 11.8. The molecule has 4 heteroatoms. The fraction of sp³-hybridized carbons (Fsp3) is 0.583. The van der Waals surface area contributed by atoms with Crippen molar-refractivity contribution in [1.82, 2.24) is 4.98 Å². The summed E-state index contributed by atoms with van der Waals surface area (Å²) in [5, 5.41) is 10.8. The van der Waals surface area contributed by atoms with E-state index in [0.29, 0.717) is 11.4 Å². The van der Waals surface area contributed by atoms with Crippen LogP contribution in [0, 0.1) is 0 Å². The lowest BCUT2D eigenvalue weighted by atomic mass is 9.74. The molecule has 0 bridgehead atoms. The van der Waals surface area contributed by atoms with Crippen LogP contribution >= 0.6 is 11.6 Å². The number of rotatable bonds is 4. The van der Waals surface area contributed by atoms with E-state index >= 15 is 0 Å². The van der Waals surface area contributed by atoms with E-state index in [1.54, 1.807) is 19.5 Å². The molecular formula is C12H16ClNO2. The van der Waals surface area contributed by atoms with Crippen LogP contribution in [0.25, 0.3) is 0 Å². The first-order chi connectivity index (χ1) is 7.68. The molecule has 1 aliphatic rings. The van der Waals surface area contributed by atoms with Crippen LogP contribution < -0.4 is 0 Å². The van der Waals surface area contributed by atoms with Crippen LogP contribution in [0.2, 0.25) is 5.02 Å². The van der Waals surface area contributed by atoms with Gasteiger partial charge in [0.25, 0.3) is 0 Å². The third-order valence-electron chi connectivity index (χ3n) is 3.48. The quantitative estimate of drug-likeness (QED) is 0.879. The Balaban J connectivity index is 2.07. The zero-order valence-corrected chi connectivity index (χ0v) is 10.1. The van der Waals surface area contributed by atoms with Gasteiger partial charge in [-0.3, -0.25) is 4.98 Å². The first-order valence-corrected chi connectivity index (χ1v) is 5.87. The predicted molar refractivity (Wildman–Crippen MR) is 62.5 cm³/mol. The minimum Gasteiger partial charge on any atom is -0.390 e. The molecule has 1 fully saturated rings. The van der Waals surface area contributed by atoms with E-state index in [9.17, 15) is 5.11 Å². The summed E-state index contributed by atoms with van der Waals surface area (Å²) in [6, 6.07) is 1.84. The molecule has 88 valence electrons. The number of aliphatic hydroxyl groups excluding tert-OH is 1. The second-order valence-electron chi connectivity index (χ2n) is 4.31. The topological polar surface area (TPSA) is 42.4 Å². The number of hydrogen-bond donors (Lipinski definition) is 1. The molecule has 0 aliphatic heterocycles. The Bertz CT molecular complexity index is 360. The smallest absolute Gasteiger partial charge is 0.0939 e. The second-order valence-corrected chi connectivity index (χ2v) is 4.72. The molecule has 0 radical (unpaired) electrons. The highest BCUT2D eigenvalue weighted by atomic mass is 35.5. The molecule has 2 rings (SSSR count). The van der Waals surface area contributed by atoms with Gasteiger partial charge in [-0.05, 0) is 30.9 Å². The van der Waals surface area contributed by atoms with Gasteiger partial charge in [-0.1, -0.05) is 11.6 Å². The predicted octanol–water partition coefficient (Wildman–Crippen LogP) is 2.21. The van der Waals surface area contributed by atoms with Crippen LogP contribution in [0.15, 0.2) is 18.5 Å². The van der Waals surface area contributed by atoms with Gasteiger partial charge < -0.3 is 9.84 Å². The van der Waals surface area contributed by atoms with Crippen LogP contribution in [0.5, 0.6) is 0 Å². The van der Waals surface area contributed by atoms with Gasteiger partial charge >= 0.3 is 0 Å². The summed E-state index contributed by atoms with van der Waals surface area (Å²) in [6.45, 7) is 0. The third kappa shape index (κ3) is 2.08. The zero-order valence-electron chi connectivity index (χ0n) is 9.32. The van der Waals surface area contributed by atoms with Crippen molar-refractivity contribution in [3.8, 4) is 0 Å². The van der Waals surface area contributed by atoms with Crippen molar-refractivity contribution in [1.29, 1.82) is 0 Å². The van der Waals surface area contributed by atoms with Crippen LogP contribution in [0.4, 0.5) is 0 Å². The fourth-order valence-electron chi connectivity index (χ4n) is 2.16. The van der Waals surface area contributed by atoms with Gasteiger partial charge in [0.05, 0.1) is 16.7 Å². The van der Waals surface area contributed by atoms with E-state index in [2.05, 4.69) is 4.98 Å². The van der Waals surface area contributed by atoms with Crippen LogP contribution in [0.1, 0.15) is 24.8 Å². The molecular weight excluding hydrogens is 226 g/mol. The van der Waals surface area contributed by atoms with E-state index in [0.717, 1.165) is 24.8 Å². The van der Waals surface area contributed by atoms with Gasteiger partial charge in [-0.2, -0.15) is 0 Å². The summed E-state index contributed by atoms with van der Waals surface area (Å²) in [7, 11) is 1.66. The summed E-state index contributed by atoms with van der Waals surface area (Å²) in [5.41, 5.74) is 0.569. The van der Waals surface area contributed by atoms with Gasteiger partial charge in [0.2, 0.25) is 0 Å². The molecule has 1 aromatic heterocycles. The third-order valence-corrected chi connectivity index (χ3v) is 3.82. The van der Waals surface area contributed by atoms with Crippen molar-refractivity contribution in [3.63, 3.8) is 0 Å². The monoisotopic (exact) mass is 241 g/mol. The van der Waals surface area contributed by atoms with Crippen molar-refractivity contribution in [2.24, 2.45) is 0 Å². The normalized spacial score (nSPS) is 20.2. The SMILES string of the molecule is COC1(C(O)Cc2ccncc2Cl)CCC1. The van der Waals surface area contributed by atoms with Crippen LogP contribution in [-0.4, -0.2) is 28.9 Å². The van der Waals surface area contributed by atoms with Crippen molar-refractivity contribution in [3.05, 3.63) is 29.0 Å². The van der Waals surface area contributed by atoms with Crippen molar-refractivity contribution < 1.29 is 9.84 Å². The highest BCUT2D eigenvalue weighted by Crippen LogP contribution is 2.39. The standard InChI is InChI=1S/C12H16ClNO2/c1-16-12(4-2-5-12)11(15)7-9-3-6-14-8-10(9)13/h3,6,8,11,15H,2,4-5,7H2,1H3. The molecule has 1 unspecified atom stereocenters. The molecule has 0 spiro atoms. The van der Waals surface area contributed by atoms with Crippen molar-refractivity contribution in [2.75, 3.05) is 7.11 Å². The molecule has 1 atom stereocenters. The Labute approximate surface area is 100 Å². The van der Waals surface area contributed by atoms with E-state index in [1.165, 1.54) is 0 Å². The number of methoxy groups -OCH3 is 1. The van der Waals surface area contributed by atoms with Crippen molar-refractivity contribution >= 4 is 11.6 Å². The molecule has 1 heterocycles. The molecule has 0 saturated heterocycles. The molecule has 1 saturated carbocycles.